The number of nitrogens with two attached hydrogens (primary N) is 1. The maximum atomic E-state index is 10.8. The van der Waals surface area contributed by atoms with Crippen molar-refractivity contribution in [1.82, 2.24) is 0 Å². The summed E-state index contributed by atoms with van der Waals surface area (Å²) in [5.41, 5.74) is 5.02. The molecular formula is C7H15N2O4+. The molecule has 0 fully saturated rings. The molecule has 1 unspecified atom stereocenters. The van der Waals surface area contributed by atoms with E-state index in [1.807, 2.05) is 0 Å². The summed E-state index contributed by atoms with van der Waals surface area (Å²) in [6.45, 7) is 0.00162. The molecule has 13 heavy (non-hydrogen) atoms. The van der Waals surface area contributed by atoms with Crippen molar-refractivity contribution in [3.8, 4) is 0 Å². The topological polar surface area (TPSA) is 101 Å². The Hall–Kier alpha value is -1.14. The third kappa shape index (κ3) is 4.44. The number of urea groups is 1. The van der Waals surface area contributed by atoms with Crippen molar-refractivity contribution in [2.24, 2.45) is 5.73 Å². The first-order valence-corrected chi connectivity index (χ1v) is 3.78. The van der Waals surface area contributed by atoms with Gasteiger partial charge in [0.1, 0.15) is 12.6 Å². The van der Waals surface area contributed by atoms with Crippen LogP contribution in [0.2, 0.25) is 0 Å². The molecule has 0 aliphatic heterocycles. The average Bonchev–Trinajstić information content (AvgIpc) is 1.82. The van der Waals surface area contributed by atoms with E-state index in [0.29, 0.717) is 0 Å². The van der Waals surface area contributed by atoms with Crippen LogP contribution in [0.3, 0.4) is 0 Å². The fourth-order valence-electron chi connectivity index (χ4n) is 0.883. The lowest BCUT2D eigenvalue weighted by atomic mass is 10.2. The summed E-state index contributed by atoms with van der Waals surface area (Å²) in [5.74, 6) is -1.10. The van der Waals surface area contributed by atoms with E-state index < -0.39 is 18.1 Å². The number of amides is 2. The van der Waals surface area contributed by atoms with Crippen LogP contribution in [0.5, 0.6) is 0 Å². The predicted molar refractivity (Wildman–Crippen MR) is 44.8 cm³/mol. The Morgan fingerprint density at radius 2 is 1.92 bits per heavy atom. The van der Waals surface area contributed by atoms with Gasteiger partial charge in [-0.3, -0.25) is 4.79 Å². The van der Waals surface area contributed by atoms with Gasteiger partial charge in [0.05, 0.1) is 20.5 Å². The molecule has 1 atom stereocenters. The lowest BCUT2D eigenvalue weighted by Gasteiger charge is -2.26. The molecule has 0 aliphatic carbocycles. The Morgan fingerprint density at radius 1 is 1.46 bits per heavy atom. The van der Waals surface area contributed by atoms with E-state index in [2.05, 4.69) is 0 Å². The first-order valence-electron chi connectivity index (χ1n) is 3.78. The molecular weight excluding hydrogens is 176 g/mol. The number of carbonyl (C=O) groups is 2. The Bertz CT molecular complexity index is 215. The number of carbonyl (C=O) groups excluding carboxylic acids is 1. The number of hydrogen-bond acceptors (Lipinski definition) is 3. The monoisotopic (exact) mass is 191 g/mol. The second-order valence-electron chi connectivity index (χ2n) is 3.46. The number of hydrogen-bond donors (Lipinski definition) is 3. The SMILES string of the molecule is C[N+](C)(CC(O)CC(=O)O)C(N)=O. The molecule has 6 nitrogen and oxygen atoms in total. The predicted octanol–water partition coefficient (Wildman–Crippen LogP) is -1.02. The lowest BCUT2D eigenvalue weighted by Crippen LogP contribution is -2.53. The summed E-state index contributed by atoms with van der Waals surface area (Å²) in [6, 6.07) is -0.607. The molecule has 0 aromatic heterocycles. The Kier molecular flexibility index (Phi) is 3.83. The van der Waals surface area contributed by atoms with Gasteiger partial charge in [0.15, 0.2) is 0 Å². The molecule has 4 N–H and O–H groups in total. The van der Waals surface area contributed by atoms with E-state index in [1.54, 1.807) is 0 Å². The van der Waals surface area contributed by atoms with Gasteiger partial charge in [-0.15, -0.1) is 0 Å². The standard InChI is InChI=1S/C7H14N2O4/c1-9(2,7(8)13)4-5(10)3-6(11)12/h5,10H,3-4H2,1-2H3,(H2-,8,11,12,13)/p+1. The van der Waals surface area contributed by atoms with E-state index >= 15 is 0 Å². The van der Waals surface area contributed by atoms with Crippen molar-refractivity contribution in [3.63, 3.8) is 0 Å². The van der Waals surface area contributed by atoms with Crippen LogP contribution in [-0.4, -0.2) is 53.4 Å². The number of likely N-dealkylation sites (N-methyl/N-ethyl adjacent to an activating group) is 1. The minimum Gasteiger partial charge on any atom is -0.481 e. The Morgan fingerprint density at radius 3 is 2.23 bits per heavy atom. The Balaban J connectivity index is 4.11. The van der Waals surface area contributed by atoms with Crippen LogP contribution >= 0.6 is 0 Å². The highest BCUT2D eigenvalue weighted by molar-refractivity contribution is 5.67. The average molecular weight is 191 g/mol. The zero-order valence-electron chi connectivity index (χ0n) is 7.73. The van der Waals surface area contributed by atoms with E-state index in [1.165, 1.54) is 14.1 Å². The number of rotatable bonds is 4. The third-order valence-corrected chi connectivity index (χ3v) is 1.67. The molecule has 0 aromatic rings. The second kappa shape index (κ2) is 4.20. The smallest absolute Gasteiger partial charge is 0.413 e. The highest BCUT2D eigenvalue weighted by Crippen LogP contribution is 2.02. The van der Waals surface area contributed by atoms with Gasteiger partial charge in [-0.2, -0.15) is 0 Å². The first kappa shape index (κ1) is 11.9. The van der Waals surface area contributed by atoms with Crippen molar-refractivity contribution in [2.75, 3.05) is 20.6 Å². The van der Waals surface area contributed by atoms with Crippen LogP contribution in [0.1, 0.15) is 6.42 Å². The zero-order chi connectivity index (χ0) is 10.6. The van der Waals surface area contributed by atoms with E-state index in [9.17, 15) is 14.7 Å². The van der Waals surface area contributed by atoms with E-state index in [4.69, 9.17) is 10.8 Å². The molecule has 0 aliphatic rings. The maximum absolute atomic E-state index is 10.8. The van der Waals surface area contributed by atoms with Crippen LogP contribution in [0, 0.1) is 0 Å². The van der Waals surface area contributed by atoms with Gasteiger partial charge in [0.2, 0.25) is 0 Å². The zero-order valence-corrected chi connectivity index (χ0v) is 7.73. The van der Waals surface area contributed by atoms with Crippen LogP contribution < -0.4 is 5.73 Å². The largest absolute Gasteiger partial charge is 0.481 e. The van der Waals surface area contributed by atoms with Crippen molar-refractivity contribution >= 4 is 12.0 Å². The molecule has 76 valence electrons. The Labute approximate surface area is 76.2 Å². The molecule has 0 saturated carbocycles. The number of quaternary nitrogens is 1. The summed E-state index contributed by atoms with van der Waals surface area (Å²) in [7, 11) is 3.01. The van der Waals surface area contributed by atoms with Crippen LogP contribution in [0.25, 0.3) is 0 Å². The number of primary amides is 1. The van der Waals surface area contributed by atoms with Gasteiger partial charge in [-0.25, -0.2) is 9.28 Å². The van der Waals surface area contributed by atoms with Gasteiger partial charge in [-0.1, -0.05) is 0 Å². The maximum Gasteiger partial charge on any atom is 0.413 e. The lowest BCUT2D eigenvalue weighted by molar-refractivity contribution is -0.811. The molecule has 6 heteroatoms. The number of aliphatic hydroxyl groups excluding tert-OH is 1. The van der Waals surface area contributed by atoms with E-state index in [-0.39, 0.29) is 17.4 Å². The molecule has 0 bridgehead atoms. The number of aliphatic hydroxyl groups is 1. The number of carboxylic acid groups (broad SMARTS) is 1. The number of aliphatic carboxylic acids is 1. The fraction of sp³-hybridized carbons (Fsp3) is 0.714. The molecule has 0 rings (SSSR count). The van der Waals surface area contributed by atoms with Crippen LogP contribution in [0.15, 0.2) is 0 Å². The number of nitrogens with zero attached hydrogens (tertiary/aromatic N) is 1. The molecule has 0 saturated heterocycles. The van der Waals surface area contributed by atoms with Crippen molar-refractivity contribution in [3.05, 3.63) is 0 Å². The first-order chi connectivity index (χ1) is 5.75. The quantitative estimate of drug-likeness (QED) is 0.495. The normalized spacial score (nSPS) is 13.8. The van der Waals surface area contributed by atoms with Gasteiger partial charge in [-0.05, 0) is 0 Å². The fourth-order valence-corrected chi connectivity index (χ4v) is 0.883. The highest BCUT2D eigenvalue weighted by atomic mass is 16.4. The summed E-state index contributed by atoms with van der Waals surface area (Å²) in [4.78, 5) is 21.0. The van der Waals surface area contributed by atoms with Crippen LogP contribution in [-0.2, 0) is 4.79 Å². The van der Waals surface area contributed by atoms with Crippen LogP contribution in [0.4, 0.5) is 4.79 Å². The minimum absolute atomic E-state index is 0.00162. The van der Waals surface area contributed by atoms with Crippen molar-refractivity contribution < 1.29 is 24.3 Å². The second-order valence-corrected chi connectivity index (χ2v) is 3.46. The summed E-state index contributed by atoms with van der Waals surface area (Å²) >= 11 is 0. The summed E-state index contributed by atoms with van der Waals surface area (Å²) in [6.07, 6.45) is -1.44. The highest BCUT2D eigenvalue weighted by Gasteiger charge is 2.27. The van der Waals surface area contributed by atoms with Gasteiger partial charge in [0, 0.05) is 0 Å². The molecule has 0 radical (unpaired) electrons. The van der Waals surface area contributed by atoms with Crippen molar-refractivity contribution in [2.45, 2.75) is 12.5 Å². The summed E-state index contributed by atoms with van der Waals surface area (Å²) in [5, 5.41) is 17.5. The van der Waals surface area contributed by atoms with Gasteiger partial charge >= 0.3 is 12.0 Å². The van der Waals surface area contributed by atoms with Crippen molar-refractivity contribution in [1.29, 1.82) is 0 Å². The molecule has 0 heterocycles. The summed E-state index contributed by atoms with van der Waals surface area (Å²) < 4.78 is -0.228. The molecule has 0 aromatic carbocycles. The van der Waals surface area contributed by atoms with Gasteiger partial charge in [0.25, 0.3) is 0 Å². The molecule has 0 spiro atoms. The van der Waals surface area contributed by atoms with Gasteiger partial charge < -0.3 is 15.9 Å². The number of carboxylic acids is 1. The minimum atomic E-state index is -1.10. The van der Waals surface area contributed by atoms with E-state index in [0.717, 1.165) is 0 Å². The third-order valence-electron chi connectivity index (χ3n) is 1.67. The molecule has 2 amide bonds.